The fourth-order valence-corrected chi connectivity index (χ4v) is 6.06. The van der Waals surface area contributed by atoms with Crippen LogP contribution in [0.2, 0.25) is 0 Å². The molecule has 52 heavy (non-hydrogen) atoms. The van der Waals surface area contributed by atoms with E-state index in [0.29, 0.717) is 17.4 Å². The van der Waals surface area contributed by atoms with Gasteiger partial charge in [-0.25, -0.2) is 4.57 Å². The average molecular weight is 757 g/mol. The Morgan fingerprint density at radius 1 is 0.596 bits per heavy atom. The highest BCUT2D eigenvalue weighted by Gasteiger charge is 2.27. The zero-order valence-electron chi connectivity index (χ0n) is 34.0. The number of allylic oxidation sites excluding steroid dienone is 6. The number of rotatable bonds is 37. The quantitative estimate of drug-likeness (QED) is 0.0219. The van der Waals surface area contributed by atoms with E-state index in [2.05, 4.69) is 50.3 Å². The fourth-order valence-electron chi connectivity index (χ4n) is 5.32. The molecule has 2 atom stereocenters. The first-order valence-corrected chi connectivity index (χ1v) is 22.2. The summed E-state index contributed by atoms with van der Waals surface area (Å²) in [5.41, 5.74) is 0. The molecule has 0 aliphatic heterocycles. The minimum Gasteiger partial charge on any atom is -0.462 e. The minimum atomic E-state index is -4.37. The van der Waals surface area contributed by atoms with Crippen LogP contribution in [0.4, 0.5) is 0 Å². The summed E-state index contributed by atoms with van der Waals surface area (Å²) < 4.78 is 34.2. The lowest BCUT2D eigenvalue weighted by atomic mass is 10.1. The van der Waals surface area contributed by atoms with Crippen molar-refractivity contribution in [3.05, 3.63) is 36.5 Å². The summed E-state index contributed by atoms with van der Waals surface area (Å²) in [4.78, 5) is 35.3. The zero-order chi connectivity index (χ0) is 38.6. The molecule has 0 amide bonds. The van der Waals surface area contributed by atoms with Gasteiger partial charge in [0.25, 0.3) is 0 Å². The number of quaternary nitrogens is 1. The number of nitrogens with zero attached hydrogens (tertiary/aromatic N) is 1. The van der Waals surface area contributed by atoms with E-state index in [4.69, 9.17) is 18.5 Å². The van der Waals surface area contributed by atoms with Gasteiger partial charge in [0, 0.05) is 12.8 Å². The third-order valence-corrected chi connectivity index (χ3v) is 9.63. The maximum Gasteiger partial charge on any atom is 0.472 e. The van der Waals surface area contributed by atoms with E-state index in [0.717, 1.165) is 83.5 Å². The minimum absolute atomic E-state index is 0.0272. The molecule has 1 N–H and O–H groups in total. The second-order valence-corrected chi connectivity index (χ2v) is 16.5. The van der Waals surface area contributed by atoms with Crippen LogP contribution in [0.5, 0.6) is 0 Å². The van der Waals surface area contributed by atoms with E-state index in [1.807, 2.05) is 21.1 Å². The van der Waals surface area contributed by atoms with E-state index in [9.17, 15) is 19.0 Å². The molecule has 0 aromatic heterocycles. The first kappa shape index (κ1) is 50.2. The number of likely N-dealkylation sites (N-methyl/N-ethyl adjacent to an activating group) is 1. The highest BCUT2D eigenvalue weighted by molar-refractivity contribution is 7.47. The Morgan fingerprint density at radius 3 is 1.60 bits per heavy atom. The van der Waals surface area contributed by atoms with Crippen LogP contribution in [-0.4, -0.2) is 74.9 Å². The van der Waals surface area contributed by atoms with Crippen molar-refractivity contribution in [3.8, 4) is 0 Å². The number of hydrogen-bond acceptors (Lipinski definition) is 7. The second kappa shape index (κ2) is 35.0. The molecule has 0 saturated carbocycles. The monoisotopic (exact) mass is 757 g/mol. The molecular formula is C42H79NO8P+. The van der Waals surface area contributed by atoms with Crippen LogP contribution in [0.3, 0.4) is 0 Å². The molecule has 10 heteroatoms. The highest BCUT2D eigenvalue weighted by Crippen LogP contribution is 2.43. The number of phosphoric acid groups is 1. The molecular weight excluding hydrogens is 677 g/mol. The molecule has 0 aliphatic carbocycles. The van der Waals surface area contributed by atoms with Gasteiger partial charge in [-0.2, -0.15) is 0 Å². The van der Waals surface area contributed by atoms with Gasteiger partial charge in [0.1, 0.15) is 19.8 Å². The van der Waals surface area contributed by atoms with Crippen molar-refractivity contribution >= 4 is 19.8 Å². The molecule has 0 saturated heterocycles. The molecule has 9 nitrogen and oxygen atoms in total. The maximum atomic E-state index is 12.6. The van der Waals surface area contributed by atoms with Crippen LogP contribution >= 0.6 is 7.82 Å². The van der Waals surface area contributed by atoms with E-state index in [-0.39, 0.29) is 32.0 Å². The molecule has 0 fully saturated rings. The van der Waals surface area contributed by atoms with Gasteiger partial charge in [0.05, 0.1) is 27.7 Å². The fraction of sp³-hybridized carbons (Fsp3) is 0.810. The topological polar surface area (TPSA) is 108 Å². The number of esters is 2. The molecule has 0 bridgehead atoms. The molecule has 304 valence electrons. The first-order chi connectivity index (χ1) is 25.0. The Balaban J connectivity index is 4.44. The summed E-state index contributed by atoms with van der Waals surface area (Å²) in [7, 11) is 1.46. The van der Waals surface area contributed by atoms with Crippen molar-refractivity contribution in [1.82, 2.24) is 0 Å². The van der Waals surface area contributed by atoms with Crippen LogP contribution in [0, 0.1) is 0 Å². The van der Waals surface area contributed by atoms with Crippen LogP contribution in [0.15, 0.2) is 36.5 Å². The molecule has 0 rings (SSSR count). The molecule has 0 heterocycles. The summed E-state index contributed by atoms with van der Waals surface area (Å²) in [5.74, 6) is -0.826. The van der Waals surface area contributed by atoms with Gasteiger partial charge in [-0.1, -0.05) is 127 Å². The molecule has 0 radical (unpaired) electrons. The predicted molar refractivity (Wildman–Crippen MR) is 215 cm³/mol. The SMILES string of the molecule is CCCC/C=C\C/C=C\CCCCCCCC(=O)OC(COC(=O)CCCCCCC/C=C\CCCCCCC)COP(=O)(O)OCC[N+](C)(C)C. The summed E-state index contributed by atoms with van der Waals surface area (Å²) >= 11 is 0. The average Bonchev–Trinajstić information content (AvgIpc) is 3.09. The van der Waals surface area contributed by atoms with Crippen LogP contribution in [0.25, 0.3) is 0 Å². The standard InChI is InChI=1S/C42H78NO8P/c1-6-8-10-12-14-16-18-20-22-24-26-28-30-32-34-41(44)48-38-40(39-50-52(46,47)49-37-36-43(3,4)5)51-42(45)35-33-31-29-27-25-23-21-19-17-15-13-11-9-7-2/h13,15,18-21,40H,6-12,14,16-17,22-39H2,1-5H3/p+1/b15-13-,20-18-,21-19-. The Labute approximate surface area is 319 Å². The van der Waals surface area contributed by atoms with Gasteiger partial charge >= 0.3 is 19.8 Å². The highest BCUT2D eigenvalue weighted by atomic mass is 31.2. The number of hydrogen-bond donors (Lipinski definition) is 1. The largest absolute Gasteiger partial charge is 0.472 e. The van der Waals surface area contributed by atoms with Crippen molar-refractivity contribution in [2.45, 2.75) is 174 Å². The Morgan fingerprint density at radius 2 is 1.06 bits per heavy atom. The van der Waals surface area contributed by atoms with Crippen LogP contribution < -0.4 is 0 Å². The van der Waals surface area contributed by atoms with Crippen molar-refractivity contribution in [3.63, 3.8) is 0 Å². The van der Waals surface area contributed by atoms with Crippen molar-refractivity contribution in [1.29, 1.82) is 0 Å². The van der Waals surface area contributed by atoms with Gasteiger partial charge in [-0.15, -0.1) is 0 Å². The maximum absolute atomic E-state index is 12.6. The third kappa shape index (κ3) is 38.0. The number of carbonyl (C=O) groups is 2. The van der Waals surface area contributed by atoms with E-state index < -0.39 is 26.5 Å². The molecule has 0 spiro atoms. The molecule has 2 unspecified atom stereocenters. The van der Waals surface area contributed by atoms with Gasteiger partial charge < -0.3 is 18.9 Å². The summed E-state index contributed by atoms with van der Waals surface area (Å²) in [5, 5.41) is 0. The predicted octanol–water partition coefficient (Wildman–Crippen LogP) is 11.4. The number of ether oxygens (including phenoxy) is 2. The summed E-state index contributed by atoms with van der Waals surface area (Å²) in [6.45, 7) is 4.33. The van der Waals surface area contributed by atoms with Crippen molar-refractivity contribution in [2.24, 2.45) is 0 Å². The Hall–Kier alpha value is -1.77. The van der Waals surface area contributed by atoms with Gasteiger partial charge in [-0.3, -0.25) is 18.6 Å². The lowest BCUT2D eigenvalue weighted by Gasteiger charge is -2.24. The van der Waals surface area contributed by atoms with E-state index in [1.54, 1.807) is 0 Å². The number of phosphoric ester groups is 1. The molecule has 0 aromatic rings. The number of carbonyl (C=O) groups excluding carboxylic acids is 2. The lowest BCUT2D eigenvalue weighted by Crippen LogP contribution is -2.37. The Bertz CT molecular complexity index is 991. The zero-order valence-corrected chi connectivity index (χ0v) is 34.9. The van der Waals surface area contributed by atoms with Gasteiger partial charge in [0.2, 0.25) is 0 Å². The summed E-state index contributed by atoms with van der Waals surface area (Å²) in [6.07, 6.45) is 37.6. The Kier molecular flexibility index (Phi) is 33.8. The lowest BCUT2D eigenvalue weighted by molar-refractivity contribution is -0.870. The van der Waals surface area contributed by atoms with Gasteiger partial charge in [-0.05, 0) is 64.2 Å². The van der Waals surface area contributed by atoms with E-state index in [1.165, 1.54) is 51.4 Å². The molecule has 0 aromatic carbocycles. The number of unbranched alkanes of at least 4 members (excludes halogenated alkanes) is 17. The van der Waals surface area contributed by atoms with E-state index >= 15 is 0 Å². The van der Waals surface area contributed by atoms with Crippen molar-refractivity contribution in [2.75, 3.05) is 47.5 Å². The smallest absolute Gasteiger partial charge is 0.462 e. The van der Waals surface area contributed by atoms with Crippen LogP contribution in [0.1, 0.15) is 168 Å². The van der Waals surface area contributed by atoms with Crippen molar-refractivity contribution < 1.29 is 42.1 Å². The molecule has 0 aliphatic rings. The van der Waals surface area contributed by atoms with Gasteiger partial charge in [0.15, 0.2) is 6.10 Å². The summed E-state index contributed by atoms with van der Waals surface area (Å²) in [6, 6.07) is 0. The van der Waals surface area contributed by atoms with Crippen LogP contribution in [-0.2, 0) is 32.7 Å². The second-order valence-electron chi connectivity index (χ2n) is 15.0. The normalized spacial score (nSPS) is 14.0. The first-order valence-electron chi connectivity index (χ1n) is 20.7. The third-order valence-electron chi connectivity index (χ3n) is 8.64.